The van der Waals surface area contributed by atoms with Crippen LogP contribution in [0.3, 0.4) is 0 Å². The number of rotatable bonds is 9. The van der Waals surface area contributed by atoms with Gasteiger partial charge in [0.2, 0.25) is 0 Å². The molecule has 230 valence electrons. The third kappa shape index (κ3) is 6.95. The van der Waals surface area contributed by atoms with E-state index in [2.05, 4.69) is 198 Å². The second kappa shape index (κ2) is 14.3. The Hall–Kier alpha value is -3.82. The van der Waals surface area contributed by atoms with E-state index >= 15 is 0 Å². The van der Waals surface area contributed by atoms with Gasteiger partial charge in [0.15, 0.2) is 0 Å². The summed E-state index contributed by atoms with van der Waals surface area (Å²) >= 11 is 0. The largest absolute Gasteiger partial charge is 0.0622 e. The van der Waals surface area contributed by atoms with Gasteiger partial charge in [-0.2, -0.15) is 0 Å². The summed E-state index contributed by atoms with van der Waals surface area (Å²) in [6.45, 7) is 11.9. The Kier molecular flexibility index (Phi) is 9.99. The molecule has 0 N–H and O–H groups in total. The van der Waals surface area contributed by atoms with Gasteiger partial charge in [-0.25, -0.2) is 0 Å². The average molecular weight is 635 g/mol. The van der Waals surface area contributed by atoms with Gasteiger partial charge in [-0.1, -0.05) is 192 Å². The molecule has 0 saturated carbocycles. The normalized spacial score (nSPS) is 12.5. The molecule has 0 aliphatic rings. The second-order valence-electron chi connectivity index (χ2n) is 13.3. The van der Waals surface area contributed by atoms with Crippen molar-refractivity contribution in [3.8, 4) is 0 Å². The van der Waals surface area contributed by atoms with E-state index in [1.54, 1.807) is 0 Å². The molecule has 6 aromatic rings. The molecule has 0 radical (unpaired) electrons. The summed E-state index contributed by atoms with van der Waals surface area (Å²) in [5.74, 6) is 0.408. The monoisotopic (exact) mass is 634 g/mol. The fraction of sp³-hybridized carbons (Fsp3) is 0.182. The quantitative estimate of drug-likeness (QED) is 0.139. The van der Waals surface area contributed by atoms with Gasteiger partial charge in [0.25, 0.3) is 0 Å². The maximum absolute atomic E-state index is 2.63. The zero-order valence-electron chi connectivity index (χ0n) is 27.6. The van der Waals surface area contributed by atoms with E-state index in [4.69, 9.17) is 0 Å². The lowest BCUT2D eigenvalue weighted by molar-refractivity contribution is 0.576. The van der Waals surface area contributed by atoms with Crippen LogP contribution >= 0.6 is 15.8 Å². The van der Waals surface area contributed by atoms with E-state index < -0.39 is 15.8 Å². The van der Waals surface area contributed by atoms with Crippen LogP contribution in [0.4, 0.5) is 0 Å². The Balaban J connectivity index is 1.76. The molecule has 46 heavy (non-hydrogen) atoms. The maximum Gasteiger partial charge on any atom is 0.0378 e. The highest BCUT2D eigenvalue weighted by Gasteiger charge is 2.34. The smallest absolute Gasteiger partial charge is 0.0378 e. The first-order valence-electron chi connectivity index (χ1n) is 16.4. The number of hydrogen-bond donors (Lipinski definition) is 0. The summed E-state index contributed by atoms with van der Waals surface area (Å²) in [6.07, 6.45) is 0. The predicted molar refractivity (Wildman–Crippen MR) is 205 cm³/mol. The molecule has 1 atom stereocenters. The minimum absolute atomic E-state index is 0.00137. The van der Waals surface area contributed by atoms with E-state index in [0.717, 1.165) is 0 Å². The van der Waals surface area contributed by atoms with E-state index in [9.17, 15) is 0 Å². The molecular formula is C44H44P2. The minimum atomic E-state index is -0.831. The fourth-order valence-corrected chi connectivity index (χ4v) is 11.9. The van der Waals surface area contributed by atoms with Crippen molar-refractivity contribution in [2.45, 2.75) is 51.6 Å². The van der Waals surface area contributed by atoms with E-state index in [-0.39, 0.29) is 11.1 Å². The Morgan fingerprint density at radius 1 is 0.457 bits per heavy atom. The standard InChI is InChI=1S/C44H44P2/c1-33(2)39-32-42(45(35-23-13-7-14-24-35)36-25-15-8-16-26-36)40(31-41(39)44(3,4)5)43(34-21-11-6-12-22-34)46(37-27-17-9-18-28-37)38-29-19-10-20-30-38/h6-33,43H,1-5H3. The van der Waals surface area contributed by atoms with Gasteiger partial charge in [0.05, 0.1) is 0 Å². The van der Waals surface area contributed by atoms with Crippen LogP contribution in [0.5, 0.6) is 0 Å². The van der Waals surface area contributed by atoms with Crippen LogP contribution in [0.2, 0.25) is 0 Å². The summed E-state index contributed by atoms with van der Waals surface area (Å²) in [5.41, 5.74) is 5.90. The Labute approximate surface area is 279 Å². The average Bonchev–Trinajstić information content (AvgIpc) is 3.09. The number of benzene rings is 6. The van der Waals surface area contributed by atoms with Crippen molar-refractivity contribution in [3.63, 3.8) is 0 Å². The molecule has 0 amide bonds. The van der Waals surface area contributed by atoms with Gasteiger partial charge in [-0.05, 0) is 82.0 Å². The molecule has 1 unspecified atom stereocenters. The highest BCUT2D eigenvalue weighted by molar-refractivity contribution is 7.80. The van der Waals surface area contributed by atoms with Crippen LogP contribution in [0.25, 0.3) is 0 Å². The Morgan fingerprint density at radius 3 is 1.24 bits per heavy atom. The predicted octanol–water partition coefficient (Wildman–Crippen LogP) is 10.1. The summed E-state index contributed by atoms with van der Waals surface area (Å²) in [5, 5.41) is 7.05. The van der Waals surface area contributed by atoms with Gasteiger partial charge in [0, 0.05) is 5.66 Å². The van der Waals surface area contributed by atoms with E-state index in [1.165, 1.54) is 48.8 Å². The second-order valence-corrected chi connectivity index (χ2v) is 17.7. The number of hydrogen-bond acceptors (Lipinski definition) is 0. The van der Waals surface area contributed by atoms with Gasteiger partial charge in [-0.15, -0.1) is 0 Å². The molecule has 0 saturated heterocycles. The molecule has 0 aliphatic heterocycles. The molecule has 6 rings (SSSR count). The van der Waals surface area contributed by atoms with Crippen LogP contribution in [-0.4, -0.2) is 0 Å². The first kappa shape index (κ1) is 32.1. The summed E-state index contributed by atoms with van der Waals surface area (Å²) < 4.78 is 0. The summed E-state index contributed by atoms with van der Waals surface area (Å²) in [7, 11) is -1.64. The van der Waals surface area contributed by atoms with Crippen LogP contribution in [0.1, 0.15) is 68.4 Å². The van der Waals surface area contributed by atoms with Gasteiger partial charge < -0.3 is 0 Å². The van der Waals surface area contributed by atoms with Crippen molar-refractivity contribution in [2.75, 3.05) is 0 Å². The minimum Gasteiger partial charge on any atom is -0.0622 e. The molecule has 0 nitrogen and oxygen atoms in total. The van der Waals surface area contributed by atoms with Crippen LogP contribution in [0, 0.1) is 0 Å². The van der Waals surface area contributed by atoms with Gasteiger partial charge in [0.1, 0.15) is 0 Å². The zero-order valence-corrected chi connectivity index (χ0v) is 29.4. The topological polar surface area (TPSA) is 0 Å². The molecule has 0 aromatic heterocycles. The summed E-state index contributed by atoms with van der Waals surface area (Å²) in [6, 6.07) is 61.5. The van der Waals surface area contributed by atoms with Crippen molar-refractivity contribution < 1.29 is 0 Å². The zero-order chi connectivity index (χ0) is 32.1. The van der Waals surface area contributed by atoms with Gasteiger partial charge >= 0.3 is 0 Å². The SMILES string of the molecule is CC(C)c1cc(P(c2ccccc2)c2ccccc2)c(C(c2ccccc2)P(c2ccccc2)c2ccccc2)cc1C(C)(C)C. The molecule has 6 aromatic carbocycles. The molecule has 0 aliphatic carbocycles. The lowest BCUT2D eigenvalue weighted by Gasteiger charge is -2.36. The van der Waals surface area contributed by atoms with Crippen molar-refractivity contribution in [3.05, 3.63) is 186 Å². The fourth-order valence-electron chi connectivity index (χ4n) is 6.47. The van der Waals surface area contributed by atoms with Crippen molar-refractivity contribution in [1.29, 1.82) is 0 Å². The Morgan fingerprint density at radius 2 is 0.848 bits per heavy atom. The molecular weight excluding hydrogens is 590 g/mol. The lowest BCUT2D eigenvalue weighted by Crippen LogP contribution is -2.29. The molecule has 2 heteroatoms. The molecule has 0 fully saturated rings. The maximum atomic E-state index is 2.63. The van der Waals surface area contributed by atoms with Gasteiger partial charge in [-0.3, -0.25) is 0 Å². The molecule has 0 spiro atoms. The van der Waals surface area contributed by atoms with Crippen molar-refractivity contribution in [2.24, 2.45) is 0 Å². The van der Waals surface area contributed by atoms with Crippen LogP contribution in [0.15, 0.2) is 164 Å². The Bertz CT molecular complexity index is 1750. The van der Waals surface area contributed by atoms with Crippen LogP contribution < -0.4 is 26.5 Å². The van der Waals surface area contributed by atoms with Crippen LogP contribution in [-0.2, 0) is 5.41 Å². The highest BCUT2D eigenvalue weighted by atomic mass is 31.1. The lowest BCUT2D eigenvalue weighted by atomic mass is 9.79. The van der Waals surface area contributed by atoms with Crippen molar-refractivity contribution in [1.82, 2.24) is 0 Å². The first-order chi connectivity index (χ1) is 22.3. The van der Waals surface area contributed by atoms with E-state index in [1.807, 2.05) is 0 Å². The van der Waals surface area contributed by atoms with Crippen molar-refractivity contribution >= 4 is 42.4 Å². The highest BCUT2D eigenvalue weighted by Crippen LogP contribution is 2.55. The summed E-state index contributed by atoms with van der Waals surface area (Å²) in [4.78, 5) is 0. The molecule has 0 heterocycles. The van der Waals surface area contributed by atoms with E-state index in [0.29, 0.717) is 5.92 Å². The molecule has 0 bridgehead atoms. The first-order valence-corrected chi connectivity index (χ1v) is 19.1. The third-order valence-corrected chi connectivity index (χ3v) is 13.9. The third-order valence-electron chi connectivity index (χ3n) is 8.64.